The van der Waals surface area contributed by atoms with Gasteiger partial charge in [0, 0.05) is 5.39 Å². The Hall–Kier alpha value is -4.66. The number of aromatic nitrogens is 8. The molecule has 478 valence electrons. The van der Waals surface area contributed by atoms with Gasteiger partial charge in [0.1, 0.15) is 0 Å². The van der Waals surface area contributed by atoms with Crippen molar-refractivity contribution in [1.82, 2.24) is 39.9 Å². The molecule has 0 amide bonds. The van der Waals surface area contributed by atoms with E-state index in [2.05, 4.69) is 108 Å². The van der Waals surface area contributed by atoms with Gasteiger partial charge in [-0.1, -0.05) is 163 Å². The first-order valence-electron chi connectivity index (χ1n) is 36.8. The molecule has 0 saturated carbocycles. The standard InChI is InChI=1S/C79H114N8S.Zn/c1-9-17-25-33-43-57-53-54-67-70(60(57)46-36-28-20-12-4)77-84-75(67)83-74-66-52-42-41-51-65(66)73(82-74)80-69-55-68(59(45-35-27-19-11-3)58(56-88)44-34-26-18-10-2)76(81-69)85-78-71-63(49-39-31-23-15-7)61(47-37-29-21-13-5)62(48-38-30-22-14-6)64(50-40-32-24-16-8)72(71)79(86-77)87-78;/h41-42,51-55,88H,9-40,43-50H2,1-8H3,(H2,80,81,82,83,84,85,86,87);/b59-58-;. The molecular weight excluding hydrogens is 1160 g/mol. The molecule has 2 aliphatic rings. The van der Waals surface area contributed by atoms with E-state index < -0.39 is 0 Å². The molecule has 8 bridgehead atoms. The van der Waals surface area contributed by atoms with Gasteiger partial charge in [-0.2, -0.15) is 0 Å². The SMILES string of the molecule is CCCCCC/C([C](S)=[Zn])=C(\CCCCCC)c1cc2nc3nc(nc4[nH]c(nc5nc(nc1[nH]2)-c1c(CCCCCC)c(CCCCCC)c(CCCCCC)c(CCCCCC)c1-5)c1c(CCCCCC)c(CCCCCC)ccc41)-c1ccccc1-3. The van der Waals surface area contributed by atoms with Gasteiger partial charge in [-0.05, 0) is 43.2 Å². The van der Waals surface area contributed by atoms with Crippen molar-refractivity contribution in [1.29, 1.82) is 0 Å². The van der Waals surface area contributed by atoms with Crippen LogP contribution in [-0.4, -0.2) is 43.3 Å². The summed E-state index contributed by atoms with van der Waals surface area (Å²) >= 11 is 6.35. The Morgan fingerprint density at radius 1 is 0.382 bits per heavy atom. The van der Waals surface area contributed by atoms with E-state index in [1.807, 2.05) is 0 Å². The number of unbranched alkanes of at least 4 members (excludes halogenated alkanes) is 24. The van der Waals surface area contributed by atoms with E-state index in [1.54, 1.807) is 11.1 Å². The number of fused-ring (bicyclic) bond motifs is 17. The van der Waals surface area contributed by atoms with E-state index in [1.165, 1.54) is 227 Å². The number of hydrogen-bond acceptors (Lipinski definition) is 7. The summed E-state index contributed by atoms with van der Waals surface area (Å²) in [7, 11) is 0. The third-order valence-corrected chi connectivity index (χ3v) is 20.5. The minimum absolute atomic E-state index is 0.662. The number of benzene rings is 3. The number of aryl methyl sites for hydroxylation is 2. The molecule has 2 aliphatic heterocycles. The third-order valence-electron chi connectivity index (χ3n) is 19.3. The second kappa shape index (κ2) is 37.8. The van der Waals surface area contributed by atoms with E-state index in [0.29, 0.717) is 11.6 Å². The summed E-state index contributed by atoms with van der Waals surface area (Å²) in [5, 5.41) is 2.30. The maximum absolute atomic E-state index is 6.13. The first-order chi connectivity index (χ1) is 43.7. The molecule has 0 spiro atoms. The molecule has 8 nitrogen and oxygen atoms in total. The fourth-order valence-corrected chi connectivity index (χ4v) is 15.4. The summed E-state index contributed by atoms with van der Waals surface area (Å²) in [5.74, 6) is 2.95. The van der Waals surface area contributed by atoms with Gasteiger partial charge in [0.05, 0.1) is 0 Å². The van der Waals surface area contributed by atoms with Gasteiger partial charge in [-0.25, -0.2) is 0 Å². The van der Waals surface area contributed by atoms with Crippen LogP contribution in [0.3, 0.4) is 0 Å². The van der Waals surface area contributed by atoms with Crippen LogP contribution in [0.25, 0.3) is 84.5 Å². The van der Waals surface area contributed by atoms with E-state index in [-0.39, 0.29) is 0 Å². The van der Waals surface area contributed by atoms with Crippen molar-refractivity contribution in [2.24, 2.45) is 0 Å². The summed E-state index contributed by atoms with van der Waals surface area (Å²) in [6.07, 6.45) is 47.0. The van der Waals surface area contributed by atoms with Gasteiger partial charge in [0.25, 0.3) is 0 Å². The summed E-state index contributed by atoms with van der Waals surface area (Å²) in [4.78, 5) is 42.8. The number of hydrogen-bond donors (Lipinski definition) is 3. The number of rotatable bonds is 42. The molecule has 2 N–H and O–H groups in total. The van der Waals surface area contributed by atoms with Gasteiger partial charge in [0.15, 0.2) is 0 Å². The van der Waals surface area contributed by atoms with Crippen LogP contribution in [0, 0.1) is 0 Å². The van der Waals surface area contributed by atoms with Crippen molar-refractivity contribution in [3.05, 3.63) is 87.0 Å². The van der Waals surface area contributed by atoms with Crippen LogP contribution in [0.1, 0.15) is 313 Å². The molecule has 5 heterocycles. The van der Waals surface area contributed by atoms with Crippen molar-refractivity contribution >= 4 is 55.0 Å². The average molecular weight is 1270 g/mol. The zero-order valence-corrected chi connectivity index (χ0v) is 61.0. The Morgan fingerprint density at radius 2 is 0.798 bits per heavy atom. The number of H-pyrrole nitrogens is 2. The summed E-state index contributed by atoms with van der Waals surface area (Å²) < 4.78 is 1.22. The van der Waals surface area contributed by atoms with Gasteiger partial charge in [-0.3, -0.25) is 0 Å². The average Bonchev–Trinajstić information content (AvgIpc) is 1.66. The molecule has 8 rings (SSSR count). The normalized spacial score (nSPS) is 12.3. The van der Waals surface area contributed by atoms with Crippen molar-refractivity contribution in [3.8, 4) is 45.6 Å². The van der Waals surface area contributed by atoms with Gasteiger partial charge in [-0.15, -0.1) is 0 Å². The molecule has 0 atom stereocenters. The predicted octanol–water partition coefficient (Wildman–Crippen LogP) is 23.8. The number of nitrogens with one attached hydrogen (secondary N) is 2. The molecule has 3 aromatic carbocycles. The summed E-state index contributed by atoms with van der Waals surface area (Å²) in [6.45, 7) is 18.7. The van der Waals surface area contributed by atoms with Crippen molar-refractivity contribution < 1.29 is 17.9 Å². The van der Waals surface area contributed by atoms with Crippen LogP contribution in [-0.2, 0) is 56.4 Å². The van der Waals surface area contributed by atoms with Gasteiger partial charge in [0.2, 0.25) is 0 Å². The molecule has 6 aromatic rings. The van der Waals surface area contributed by atoms with Crippen LogP contribution in [0.2, 0.25) is 0 Å². The molecular formula is C79H114N8SZn. The first-order valence-corrected chi connectivity index (χ1v) is 38.7. The van der Waals surface area contributed by atoms with E-state index >= 15 is 0 Å². The van der Waals surface area contributed by atoms with E-state index in [0.717, 1.165) is 158 Å². The molecule has 0 fully saturated rings. The second-order valence-corrected chi connectivity index (χ2v) is 29.7. The Bertz CT molecular complexity index is 3420. The number of thiol groups is 1. The minimum atomic E-state index is 0.662. The second-order valence-electron chi connectivity index (χ2n) is 26.4. The molecule has 0 aliphatic carbocycles. The maximum atomic E-state index is 6.13. The van der Waals surface area contributed by atoms with Crippen molar-refractivity contribution in [2.45, 2.75) is 312 Å². The van der Waals surface area contributed by atoms with Crippen LogP contribution in [0.15, 0.2) is 48.0 Å². The summed E-state index contributed by atoms with van der Waals surface area (Å²) in [6, 6.07) is 15.6. The fraction of sp³-hybridized carbons (Fsp3) is 0.608. The van der Waals surface area contributed by atoms with Gasteiger partial charge < -0.3 is 0 Å². The molecule has 89 heavy (non-hydrogen) atoms. The van der Waals surface area contributed by atoms with Crippen molar-refractivity contribution in [2.75, 3.05) is 0 Å². The van der Waals surface area contributed by atoms with Crippen LogP contribution in [0.4, 0.5) is 0 Å². The van der Waals surface area contributed by atoms with Crippen LogP contribution >= 0.6 is 12.6 Å². The zero-order valence-electron chi connectivity index (χ0n) is 57.2. The quantitative estimate of drug-likeness (QED) is 0.0200. The molecule has 0 radical (unpaired) electrons. The Morgan fingerprint density at radius 3 is 1.29 bits per heavy atom. The zero-order chi connectivity index (χ0) is 62.7. The monoisotopic (exact) mass is 1270 g/mol. The Balaban J connectivity index is 1.60. The molecule has 0 saturated heterocycles. The van der Waals surface area contributed by atoms with Crippen LogP contribution in [0.5, 0.6) is 0 Å². The third kappa shape index (κ3) is 18.8. The summed E-state index contributed by atoms with van der Waals surface area (Å²) in [5.41, 5.74) is 20.7. The van der Waals surface area contributed by atoms with Gasteiger partial charge >= 0.3 is 346 Å². The van der Waals surface area contributed by atoms with E-state index in [4.69, 9.17) is 42.5 Å². The molecule has 10 heteroatoms. The number of aromatic amines is 2. The number of nitrogens with zero attached hydrogens (tertiary/aromatic N) is 6. The molecule has 3 aromatic heterocycles. The molecule has 0 unspecified atom stereocenters. The number of allylic oxidation sites excluding steroid dienone is 1. The van der Waals surface area contributed by atoms with Crippen LogP contribution < -0.4 is 0 Å². The Labute approximate surface area is 553 Å². The topological polar surface area (TPSA) is 109 Å². The van der Waals surface area contributed by atoms with E-state index in [9.17, 15) is 0 Å². The van der Waals surface area contributed by atoms with Crippen molar-refractivity contribution in [3.63, 3.8) is 0 Å². The Kier molecular flexibility index (Phi) is 29.8. The predicted molar refractivity (Wildman–Crippen MR) is 384 cm³/mol. The fourth-order valence-electron chi connectivity index (χ4n) is 14.3. The first kappa shape index (κ1) is 70.2.